The fourth-order valence-electron chi connectivity index (χ4n) is 4.17. The van der Waals surface area contributed by atoms with Crippen LogP contribution in [0.15, 0.2) is 18.5 Å². The summed E-state index contributed by atoms with van der Waals surface area (Å²) in [6.07, 6.45) is 2.21. The van der Waals surface area contributed by atoms with Crippen molar-refractivity contribution in [2.24, 2.45) is 5.92 Å². The Balaban J connectivity index is 1.61. The van der Waals surface area contributed by atoms with E-state index in [9.17, 15) is 9.90 Å². The van der Waals surface area contributed by atoms with Gasteiger partial charge in [0.05, 0.1) is 31.1 Å². The summed E-state index contributed by atoms with van der Waals surface area (Å²) in [5, 5.41) is 13.9. The highest BCUT2D eigenvalue weighted by Crippen LogP contribution is 2.28. The van der Waals surface area contributed by atoms with Crippen LogP contribution in [-0.2, 0) is 9.47 Å². The van der Waals surface area contributed by atoms with Crippen LogP contribution in [0.5, 0.6) is 0 Å². The lowest BCUT2D eigenvalue weighted by Gasteiger charge is -2.28. The average molecular weight is 487 g/mol. The fraction of sp³-hybridized carbons (Fsp3) is 0.609. The normalized spacial score (nSPS) is 21.6. The number of nitrogens with two attached hydrogens (primary N) is 1. The molecule has 2 fully saturated rings. The van der Waals surface area contributed by atoms with Crippen LogP contribution in [0.4, 0.5) is 22.5 Å². The summed E-state index contributed by atoms with van der Waals surface area (Å²) in [7, 11) is 0. The molecule has 4 heterocycles. The molecule has 12 nitrogen and oxygen atoms in total. The second-order valence-electron chi connectivity index (χ2n) is 9.91. The maximum absolute atomic E-state index is 12.7. The van der Waals surface area contributed by atoms with Gasteiger partial charge in [0.2, 0.25) is 11.9 Å². The molecule has 2 unspecified atom stereocenters. The van der Waals surface area contributed by atoms with E-state index in [1.54, 1.807) is 24.2 Å². The van der Waals surface area contributed by atoms with Crippen LogP contribution in [0.1, 0.15) is 27.7 Å². The number of aliphatic hydroxyl groups is 1. The van der Waals surface area contributed by atoms with Crippen molar-refractivity contribution >= 4 is 23.8 Å². The first-order valence-corrected chi connectivity index (χ1v) is 11.8. The number of nitrogens with one attached hydrogen (secondary N) is 1. The van der Waals surface area contributed by atoms with E-state index in [4.69, 9.17) is 25.2 Å². The van der Waals surface area contributed by atoms with E-state index in [-0.39, 0.29) is 17.9 Å². The third-order valence-electron chi connectivity index (χ3n) is 5.95. The molecule has 1 amide bonds. The Bertz CT molecular complexity index is 1020. The first-order chi connectivity index (χ1) is 16.6. The smallest absolute Gasteiger partial charge is 0.410 e. The first-order valence-electron chi connectivity index (χ1n) is 11.8. The molecule has 4 N–H and O–H groups in total. The molecule has 35 heavy (non-hydrogen) atoms. The number of hydrogen-bond acceptors (Lipinski definition) is 11. The van der Waals surface area contributed by atoms with Crippen LogP contribution in [-0.4, -0.2) is 93.2 Å². The number of aliphatic hydroxyl groups excluding tert-OH is 1. The van der Waals surface area contributed by atoms with Crippen molar-refractivity contribution in [3.8, 4) is 11.3 Å². The zero-order valence-corrected chi connectivity index (χ0v) is 20.6. The molecule has 0 saturated carbocycles. The van der Waals surface area contributed by atoms with Crippen molar-refractivity contribution in [3.05, 3.63) is 18.5 Å². The molecule has 3 atom stereocenters. The van der Waals surface area contributed by atoms with Gasteiger partial charge in [-0.2, -0.15) is 4.98 Å². The molecule has 2 aromatic rings. The summed E-state index contributed by atoms with van der Waals surface area (Å²) >= 11 is 0. The summed E-state index contributed by atoms with van der Waals surface area (Å²) in [4.78, 5) is 34.0. The molecular weight excluding hydrogens is 452 g/mol. The number of rotatable bonds is 5. The maximum Gasteiger partial charge on any atom is 0.410 e. The molecular formula is C23H34N8O4. The van der Waals surface area contributed by atoms with Crippen molar-refractivity contribution in [1.29, 1.82) is 0 Å². The minimum atomic E-state index is -0.634. The molecule has 0 radical (unpaired) electrons. The van der Waals surface area contributed by atoms with Gasteiger partial charge in [0.25, 0.3) is 0 Å². The molecule has 2 aromatic heterocycles. The first kappa shape index (κ1) is 24.9. The number of aromatic nitrogens is 4. The lowest BCUT2D eigenvalue weighted by atomic mass is 9.98. The van der Waals surface area contributed by atoms with Crippen molar-refractivity contribution < 1.29 is 19.4 Å². The number of ether oxygens (including phenoxy) is 2. The zero-order valence-electron chi connectivity index (χ0n) is 20.6. The summed E-state index contributed by atoms with van der Waals surface area (Å²) in [5.41, 5.74) is 6.40. The number of carbonyl (C=O) groups is 1. The van der Waals surface area contributed by atoms with E-state index in [1.165, 1.54) is 0 Å². The molecule has 4 rings (SSSR count). The standard InChI is InChI=1S/C23H34N8O4/c1-14(32)16-12-31(22(33)35-23(2,3)4)13-18(16)27-19-9-17(15-10-25-20(24)26-11-15)28-21(29-19)30-5-7-34-8-6-30/h9-11,14,16,18,32H,5-8,12-13H2,1-4H3,(H2,24,25,26)(H,27,28,29)/t14?,16?,18-/m1/s1. The van der Waals surface area contributed by atoms with Crippen LogP contribution in [0.2, 0.25) is 0 Å². The summed E-state index contributed by atoms with van der Waals surface area (Å²) in [5.74, 6) is 1.12. The van der Waals surface area contributed by atoms with E-state index in [2.05, 4.69) is 20.2 Å². The van der Waals surface area contributed by atoms with Crippen LogP contribution < -0.4 is 16.0 Å². The van der Waals surface area contributed by atoms with Crippen molar-refractivity contribution in [2.45, 2.75) is 45.4 Å². The molecule has 2 aliphatic rings. The quantitative estimate of drug-likeness (QED) is 0.562. The van der Waals surface area contributed by atoms with Gasteiger partial charge in [-0.1, -0.05) is 0 Å². The van der Waals surface area contributed by atoms with Crippen LogP contribution >= 0.6 is 0 Å². The number of nitrogens with zero attached hydrogens (tertiary/aromatic N) is 6. The van der Waals surface area contributed by atoms with Gasteiger partial charge in [-0.25, -0.2) is 19.7 Å². The molecule has 190 valence electrons. The van der Waals surface area contributed by atoms with Gasteiger partial charge in [0, 0.05) is 56.1 Å². The highest BCUT2D eigenvalue weighted by molar-refractivity contribution is 5.69. The van der Waals surface area contributed by atoms with Gasteiger partial charge >= 0.3 is 6.09 Å². The van der Waals surface area contributed by atoms with E-state index in [0.717, 1.165) is 0 Å². The van der Waals surface area contributed by atoms with Crippen LogP contribution in [0.3, 0.4) is 0 Å². The van der Waals surface area contributed by atoms with Crippen molar-refractivity contribution in [2.75, 3.05) is 55.3 Å². The molecule has 0 aliphatic carbocycles. The van der Waals surface area contributed by atoms with Crippen LogP contribution in [0.25, 0.3) is 11.3 Å². The molecule has 0 aromatic carbocycles. The third kappa shape index (κ3) is 6.25. The second-order valence-corrected chi connectivity index (χ2v) is 9.91. The number of anilines is 3. The van der Waals surface area contributed by atoms with E-state index in [0.29, 0.717) is 62.4 Å². The Morgan fingerprint density at radius 1 is 1.23 bits per heavy atom. The molecule has 0 bridgehead atoms. The molecule has 2 aliphatic heterocycles. The van der Waals surface area contributed by atoms with Gasteiger partial charge in [0.15, 0.2) is 0 Å². The van der Waals surface area contributed by atoms with Gasteiger partial charge in [-0.05, 0) is 27.7 Å². The monoisotopic (exact) mass is 486 g/mol. The predicted octanol–water partition coefficient (Wildman–Crippen LogP) is 1.38. The Morgan fingerprint density at radius 2 is 1.91 bits per heavy atom. The van der Waals surface area contributed by atoms with E-state index >= 15 is 0 Å². The number of morpholine rings is 1. The summed E-state index contributed by atoms with van der Waals surface area (Å²) in [6, 6.07) is 1.58. The summed E-state index contributed by atoms with van der Waals surface area (Å²) in [6.45, 7) is 10.5. The maximum atomic E-state index is 12.7. The fourth-order valence-corrected chi connectivity index (χ4v) is 4.17. The lowest BCUT2D eigenvalue weighted by Crippen LogP contribution is -2.38. The van der Waals surface area contributed by atoms with Gasteiger partial charge < -0.3 is 35.4 Å². The highest BCUT2D eigenvalue weighted by atomic mass is 16.6. The molecule has 0 spiro atoms. The summed E-state index contributed by atoms with van der Waals surface area (Å²) < 4.78 is 11.0. The Labute approximate surface area is 204 Å². The highest BCUT2D eigenvalue weighted by Gasteiger charge is 2.39. The largest absolute Gasteiger partial charge is 0.444 e. The number of amides is 1. The average Bonchev–Trinajstić information content (AvgIpc) is 3.23. The number of carbonyl (C=O) groups excluding carboxylic acids is 1. The van der Waals surface area contributed by atoms with Crippen LogP contribution in [0, 0.1) is 5.92 Å². The Kier molecular flexibility index (Phi) is 7.22. The minimum Gasteiger partial charge on any atom is -0.444 e. The topological polar surface area (TPSA) is 152 Å². The van der Waals surface area contributed by atoms with E-state index in [1.807, 2.05) is 26.8 Å². The van der Waals surface area contributed by atoms with Gasteiger partial charge in [-0.15, -0.1) is 0 Å². The van der Waals surface area contributed by atoms with Crippen molar-refractivity contribution in [3.63, 3.8) is 0 Å². The minimum absolute atomic E-state index is 0.183. The SMILES string of the molecule is CC(O)C1CN(C(=O)OC(C)(C)C)C[C@H]1Nc1cc(-c2cnc(N)nc2)nc(N2CCOCC2)n1. The lowest BCUT2D eigenvalue weighted by molar-refractivity contribution is 0.0273. The Hall–Kier alpha value is -3.25. The number of likely N-dealkylation sites (tertiary alicyclic amines) is 1. The van der Waals surface area contributed by atoms with Gasteiger partial charge in [-0.3, -0.25) is 0 Å². The predicted molar refractivity (Wildman–Crippen MR) is 131 cm³/mol. The van der Waals surface area contributed by atoms with E-state index < -0.39 is 17.8 Å². The molecule has 12 heteroatoms. The van der Waals surface area contributed by atoms with Crippen molar-refractivity contribution in [1.82, 2.24) is 24.8 Å². The second kappa shape index (κ2) is 10.2. The third-order valence-corrected chi connectivity index (χ3v) is 5.95. The zero-order chi connectivity index (χ0) is 25.2. The number of hydrogen-bond donors (Lipinski definition) is 3. The molecule has 2 saturated heterocycles. The Morgan fingerprint density at radius 3 is 2.54 bits per heavy atom. The number of nitrogen functional groups attached to an aromatic ring is 1. The van der Waals surface area contributed by atoms with Gasteiger partial charge in [0.1, 0.15) is 11.4 Å².